The van der Waals surface area contributed by atoms with Gasteiger partial charge in [0.05, 0.1) is 58.9 Å². The number of methoxy groups -OCH3 is 1. The minimum absolute atomic E-state index is 0.280. The molecule has 0 heterocycles. The molecule has 0 aromatic heterocycles. The average molecular weight is 1190 g/mol. The Morgan fingerprint density at radius 3 is 0.973 bits per heavy atom. The minimum atomic E-state index is -5.52. The maximum atomic E-state index is 13.0. The first-order valence-corrected chi connectivity index (χ1v) is 30.2. The molecular weight excluding hydrogens is 1160 g/mol. The molecule has 4 aromatic rings. The van der Waals surface area contributed by atoms with Crippen molar-refractivity contribution in [2.45, 2.75) is 24.5 Å². The number of azo groups is 3. The summed E-state index contributed by atoms with van der Waals surface area (Å²) >= 11 is 0. The van der Waals surface area contributed by atoms with Crippen LogP contribution in [0.25, 0.3) is 0 Å². The Morgan fingerprint density at radius 2 is 0.685 bits per heavy atom. The number of hydrogen-bond donors (Lipinski definition) is 8. The van der Waals surface area contributed by atoms with Crippen LogP contribution in [0.5, 0.6) is 23.0 Å². The molecule has 0 bridgehead atoms. The molecule has 0 amide bonds. The maximum Gasteiger partial charge on any atom is 0.397 e. The summed E-state index contributed by atoms with van der Waals surface area (Å²) in [7, 11) is -39.2. The quantitative estimate of drug-likeness (QED) is 0.0368. The average Bonchev–Trinajstić information content (AvgIpc) is 3.23. The van der Waals surface area contributed by atoms with E-state index in [1.54, 1.807) is 0 Å². The second-order valence-corrected chi connectivity index (χ2v) is 25.8. The van der Waals surface area contributed by atoms with Crippen molar-refractivity contribution in [2.75, 3.05) is 44.2 Å². The fourth-order valence-electron chi connectivity index (χ4n) is 5.27. The summed E-state index contributed by atoms with van der Waals surface area (Å²) in [6, 6.07) is 5.58. The zero-order valence-corrected chi connectivity index (χ0v) is 42.2. The third kappa shape index (κ3) is 16.6. The van der Waals surface area contributed by atoms with Crippen LogP contribution in [0.1, 0.15) is 0 Å². The topological polar surface area (TPSA) is 546 Å². The van der Waals surface area contributed by atoms with Gasteiger partial charge in [-0.25, -0.2) is 37.8 Å². The summed E-state index contributed by atoms with van der Waals surface area (Å²) in [4.78, 5) is -5.24. The summed E-state index contributed by atoms with van der Waals surface area (Å²) in [5.41, 5.74) is -6.50. The van der Waals surface area contributed by atoms with E-state index in [0.29, 0.717) is 24.3 Å². The van der Waals surface area contributed by atoms with E-state index in [0.717, 1.165) is 25.3 Å². The van der Waals surface area contributed by atoms with Gasteiger partial charge in [0.15, 0.2) is 63.8 Å². The predicted octanol–water partition coefficient (Wildman–Crippen LogP) is 2.33. The van der Waals surface area contributed by atoms with Gasteiger partial charge < -0.3 is 20.1 Å². The highest BCUT2D eigenvalue weighted by molar-refractivity contribution is 7.92. The van der Waals surface area contributed by atoms with Crippen molar-refractivity contribution >= 4 is 115 Å². The number of phenols is 3. The fraction of sp³-hybridized carbons (Fsp3) is 0.226. The Balaban J connectivity index is 1.98. The molecule has 73 heavy (non-hydrogen) atoms. The summed E-state index contributed by atoms with van der Waals surface area (Å²) in [5.74, 6) is -8.32. The van der Waals surface area contributed by atoms with Gasteiger partial charge >= 0.3 is 31.2 Å². The normalized spacial score (nSPS) is 13.6. The SMILES string of the molecule is COc1ccc(S(=O)(=O)CCOS(=O)(=O)O)cc1/N=N/c1c(O)c(/N=N/c2ccc(S(=O)(=O)CCOS(=O)(=O)O)cc2S(=O)(=O)O)c(O)c(/N=N/c2ccc(S(=O)(=O)CCOS(=O)(=O)O)cc2S(=O)(=O)O)c1O. The largest absolute Gasteiger partial charge is 0.504 e. The summed E-state index contributed by atoms with van der Waals surface area (Å²) in [6.07, 6.45) is 0. The van der Waals surface area contributed by atoms with Gasteiger partial charge in [0, 0.05) is 0 Å². The molecule has 0 aliphatic heterocycles. The first-order chi connectivity index (χ1) is 33.3. The molecule has 8 N–H and O–H groups in total. The van der Waals surface area contributed by atoms with Crippen LogP contribution in [0.15, 0.2) is 110 Å². The maximum absolute atomic E-state index is 13.0. The highest BCUT2D eigenvalue weighted by atomic mass is 32.3. The zero-order chi connectivity index (χ0) is 55.3. The third-order valence-corrected chi connectivity index (χ3v) is 16.7. The van der Waals surface area contributed by atoms with E-state index in [4.69, 9.17) is 18.4 Å². The first kappa shape index (κ1) is 59.7. The molecule has 34 nitrogen and oxygen atoms in total. The van der Waals surface area contributed by atoms with Crippen LogP contribution >= 0.6 is 0 Å². The molecule has 0 atom stereocenters. The van der Waals surface area contributed by atoms with Gasteiger partial charge in [-0.1, -0.05) is 0 Å². The Hall–Kier alpha value is -5.84. The lowest BCUT2D eigenvalue weighted by molar-refractivity contribution is 0.282. The van der Waals surface area contributed by atoms with Crippen LogP contribution in [-0.2, 0) is 93.5 Å². The van der Waals surface area contributed by atoms with Crippen molar-refractivity contribution in [3.8, 4) is 23.0 Å². The number of aromatic hydroxyl groups is 3. The summed E-state index contributed by atoms with van der Waals surface area (Å²) in [5, 5.41) is 55.2. The van der Waals surface area contributed by atoms with Crippen molar-refractivity contribution in [2.24, 2.45) is 30.7 Å². The van der Waals surface area contributed by atoms with Gasteiger partial charge in [-0.15, -0.1) is 30.7 Å². The lowest BCUT2D eigenvalue weighted by Gasteiger charge is -2.11. The molecule has 0 unspecified atom stereocenters. The van der Waals surface area contributed by atoms with Gasteiger partial charge in [-0.05, 0) is 54.6 Å². The Kier molecular flexibility index (Phi) is 18.3. The van der Waals surface area contributed by atoms with Gasteiger partial charge in [0.25, 0.3) is 20.2 Å². The zero-order valence-electron chi connectivity index (χ0n) is 35.6. The molecule has 402 valence electrons. The van der Waals surface area contributed by atoms with E-state index in [-0.39, 0.29) is 17.9 Å². The van der Waals surface area contributed by atoms with Crippen LogP contribution in [0.2, 0.25) is 0 Å². The standard InChI is InChI=1S/C31H32N6O28S8/c1-62-23-7-4-17(66(41,42)11-8-63-71(53,54)55)14-22(23)34-37-28-30(39)26(35-32-20-5-2-18(15-24(20)69(47,48)49)67(43,44)12-9-64-72(56,57)58)29(38)27(31(28)40)36-33-21-6-3-19(16-25(21)70(50,51)52)68(45,46)13-10-65-73(59,60)61/h2-7,14-16,38-40H,8-13H2,1H3,(H,47,48,49)(H,50,51,52)(H,53,54,55)(H,56,57,58)(H,59,60,61)/b35-32+,36-33+,37-34+. The van der Waals surface area contributed by atoms with Gasteiger partial charge in [-0.3, -0.25) is 22.8 Å². The van der Waals surface area contributed by atoms with E-state index in [9.17, 15) is 91.8 Å². The number of rotatable bonds is 24. The molecule has 0 aliphatic rings. The predicted molar refractivity (Wildman–Crippen MR) is 238 cm³/mol. The molecule has 0 saturated heterocycles. The van der Waals surface area contributed by atoms with E-state index in [1.165, 1.54) is 0 Å². The van der Waals surface area contributed by atoms with E-state index >= 15 is 0 Å². The van der Waals surface area contributed by atoms with Crippen molar-refractivity contribution in [1.82, 2.24) is 0 Å². The Morgan fingerprint density at radius 1 is 0.397 bits per heavy atom. The van der Waals surface area contributed by atoms with E-state index in [1.807, 2.05) is 0 Å². The van der Waals surface area contributed by atoms with Crippen LogP contribution < -0.4 is 4.74 Å². The molecule has 0 spiro atoms. The molecule has 0 saturated carbocycles. The van der Waals surface area contributed by atoms with Crippen LogP contribution in [0.3, 0.4) is 0 Å². The third-order valence-electron chi connectivity index (χ3n) is 8.52. The molecule has 0 radical (unpaired) electrons. The smallest absolute Gasteiger partial charge is 0.397 e. The summed E-state index contributed by atoms with van der Waals surface area (Å²) < 4.78 is 255. The molecule has 4 aromatic carbocycles. The number of hydrogen-bond acceptors (Lipinski definition) is 29. The van der Waals surface area contributed by atoms with Crippen molar-refractivity contribution in [3.05, 3.63) is 54.6 Å². The van der Waals surface area contributed by atoms with Crippen molar-refractivity contribution in [3.63, 3.8) is 0 Å². The number of benzene rings is 4. The highest BCUT2D eigenvalue weighted by Gasteiger charge is 2.29. The minimum Gasteiger partial charge on any atom is -0.504 e. The lowest BCUT2D eigenvalue weighted by Crippen LogP contribution is -2.16. The number of ether oxygens (including phenoxy) is 1. The molecule has 4 rings (SSSR count). The van der Waals surface area contributed by atoms with Crippen molar-refractivity contribution in [1.29, 1.82) is 0 Å². The van der Waals surface area contributed by atoms with E-state index < -0.39 is 194 Å². The molecule has 0 aliphatic carbocycles. The van der Waals surface area contributed by atoms with Crippen LogP contribution in [0, 0.1) is 0 Å². The fourth-order valence-corrected chi connectivity index (χ4v) is 11.2. The monoisotopic (exact) mass is 1190 g/mol. The Labute approximate surface area is 412 Å². The second kappa shape index (κ2) is 22.3. The molecule has 42 heteroatoms. The van der Waals surface area contributed by atoms with E-state index in [2.05, 4.69) is 43.2 Å². The van der Waals surface area contributed by atoms with Gasteiger partial charge in [0.2, 0.25) is 0 Å². The van der Waals surface area contributed by atoms with Gasteiger partial charge in [-0.2, -0.15) is 42.1 Å². The van der Waals surface area contributed by atoms with Crippen LogP contribution in [0.4, 0.5) is 34.1 Å². The second-order valence-electron chi connectivity index (χ2n) is 13.4. The lowest BCUT2D eigenvalue weighted by atomic mass is 10.2. The Bertz CT molecular complexity index is 3680. The van der Waals surface area contributed by atoms with Gasteiger partial charge in [0.1, 0.15) is 32.6 Å². The number of sulfone groups is 3. The molecular formula is C31H32N6O28S8. The first-order valence-electron chi connectivity index (χ1n) is 18.3. The van der Waals surface area contributed by atoms with Crippen LogP contribution in [-0.4, -0.2) is 150 Å². The number of nitrogens with zero attached hydrogens (tertiary/aromatic N) is 6. The van der Waals surface area contributed by atoms with Crippen molar-refractivity contribution < 1.29 is 123 Å². The highest BCUT2D eigenvalue weighted by Crippen LogP contribution is 2.57. The summed E-state index contributed by atoms with van der Waals surface area (Å²) in [6.45, 7) is -3.45. The number of phenolic OH excluding ortho intramolecular Hbond substituents is 3. The molecule has 0 fully saturated rings.